The predicted molar refractivity (Wildman–Crippen MR) is 158 cm³/mol. The molecule has 8 nitrogen and oxygen atoms in total. The van der Waals surface area contributed by atoms with E-state index in [4.69, 9.17) is 11.6 Å². The number of rotatable bonds is 11. The summed E-state index contributed by atoms with van der Waals surface area (Å²) in [5.74, 6) is -0.584. The zero-order valence-electron chi connectivity index (χ0n) is 22.8. The van der Waals surface area contributed by atoms with Crippen LogP contribution >= 0.6 is 11.6 Å². The molecule has 1 fully saturated rings. The molecule has 1 saturated carbocycles. The van der Waals surface area contributed by atoms with Crippen molar-refractivity contribution in [2.75, 3.05) is 6.54 Å². The normalized spacial score (nSPS) is 12.6. The second-order valence-electron chi connectivity index (χ2n) is 10.4. The summed E-state index contributed by atoms with van der Waals surface area (Å²) in [6.07, 6.45) is 3.60. The Kier molecular flexibility index (Phi) is 8.50. The maximum absolute atomic E-state index is 13.9. The van der Waals surface area contributed by atoms with E-state index in [1.165, 1.54) is 29.3 Å². The molecule has 0 spiro atoms. The lowest BCUT2D eigenvalue weighted by atomic mass is 10.1. The Hall–Kier alpha value is -4.43. The molecule has 0 bridgehead atoms. The lowest BCUT2D eigenvalue weighted by molar-refractivity contribution is -0.384. The average molecular weight is 571 g/mol. The summed E-state index contributed by atoms with van der Waals surface area (Å²) >= 11 is 6.28. The zero-order valence-corrected chi connectivity index (χ0v) is 23.5. The molecule has 1 aliphatic rings. The molecule has 0 aliphatic heterocycles. The average Bonchev–Trinajstić information content (AvgIpc) is 3.72. The second kappa shape index (κ2) is 12.4. The minimum absolute atomic E-state index is 0.00234. The lowest BCUT2D eigenvalue weighted by Crippen LogP contribution is -2.43. The number of nitrogens with zero attached hydrogens (tertiary/aromatic N) is 4. The van der Waals surface area contributed by atoms with Crippen molar-refractivity contribution in [2.45, 2.75) is 45.4 Å². The highest BCUT2D eigenvalue weighted by molar-refractivity contribution is 6.34. The van der Waals surface area contributed by atoms with Crippen LogP contribution in [0.15, 0.2) is 91.1 Å². The summed E-state index contributed by atoms with van der Waals surface area (Å²) in [5, 5.41) is 11.1. The smallest absolute Gasteiger partial charge is 0.270 e. The Morgan fingerprint density at radius 2 is 1.71 bits per heavy atom. The molecule has 0 radical (unpaired) electrons. The van der Waals surface area contributed by atoms with E-state index >= 15 is 0 Å². The summed E-state index contributed by atoms with van der Waals surface area (Å²) in [7, 11) is 0. The van der Waals surface area contributed by atoms with Gasteiger partial charge in [0.2, 0.25) is 5.91 Å². The van der Waals surface area contributed by atoms with Crippen LogP contribution < -0.4 is 0 Å². The van der Waals surface area contributed by atoms with E-state index < -0.39 is 10.8 Å². The molecule has 0 atom stereocenters. The van der Waals surface area contributed by atoms with E-state index in [0.29, 0.717) is 19.6 Å². The molecule has 1 aromatic heterocycles. The third-order valence-corrected chi connectivity index (χ3v) is 7.71. The molecule has 1 heterocycles. The Morgan fingerprint density at radius 3 is 2.39 bits per heavy atom. The highest BCUT2D eigenvalue weighted by Crippen LogP contribution is 2.31. The van der Waals surface area contributed by atoms with Crippen molar-refractivity contribution in [3.05, 3.63) is 134 Å². The van der Waals surface area contributed by atoms with Gasteiger partial charge in [0.15, 0.2) is 0 Å². The fraction of sp³-hybridized carbons (Fsp3) is 0.250. The van der Waals surface area contributed by atoms with E-state index in [9.17, 15) is 19.7 Å². The van der Waals surface area contributed by atoms with Crippen LogP contribution in [-0.4, -0.2) is 43.7 Å². The van der Waals surface area contributed by atoms with Crippen LogP contribution in [0.25, 0.3) is 0 Å². The summed E-state index contributed by atoms with van der Waals surface area (Å²) in [5.41, 5.74) is 4.34. The maximum Gasteiger partial charge on any atom is 0.270 e. The van der Waals surface area contributed by atoms with Gasteiger partial charge in [-0.15, -0.1) is 0 Å². The quantitative estimate of drug-likeness (QED) is 0.158. The van der Waals surface area contributed by atoms with Crippen molar-refractivity contribution < 1.29 is 14.5 Å². The predicted octanol–water partition coefficient (Wildman–Crippen LogP) is 6.24. The number of non-ortho nitro benzene ring substituents is 1. The largest absolute Gasteiger partial charge is 0.345 e. The highest BCUT2D eigenvalue weighted by atomic mass is 35.5. The van der Waals surface area contributed by atoms with Crippen LogP contribution in [0.4, 0.5) is 5.69 Å². The molecular weight excluding hydrogens is 540 g/mol. The standard InChI is InChI=1S/C32H31ClN4O4/c1-23-8-5-6-11-25(23)20-34-17-7-12-28(34)21-35(19-24-9-3-2-4-10-24)31(38)22-36(26-13-14-26)32(39)29-16-15-27(37(40)41)18-30(29)33/h2-12,15-18,26H,13-14,19-22H2,1H3. The third kappa shape index (κ3) is 6.84. The Bertz CT molecular complexity index is 1560. The van der Waals surface area contributed by atoms with Gasteiger partial charge in [0.1, 0.15) is 6.54 Å². The van der Waals surface area contributed by atoms with Gasteiger partial charge in [-0.2, -0.15) is 0 Å². The number of hydrogen-bond donors (Lipinski definition) is 0. The number of aromatic nitrogens is 1. The van der Waals surface area contributed by atoms with E-state index in [1.807, 2.05) is 60.8 Å². The number of amides is 2. The van der Waals surface area contributed by atoms with Crippen LogP contribution in [0.2, 0.25) is 5.02 Å². The fourth-order valence-electron chi connectivity index (χ4n) is 4.89. The molecule has 5 rings (SSSR count). The summed E-state index contributed by atoms with van der Waals surface area (Å²) in [4.78, 5) is 41.4. The summed E-state index contributed by atoms with van der Waals surface area (Å²) < 4.78 is 2.15. The number of hydrogen-bond acceptors (Lipinski definition) is 4. The monoisotopic (exact) mass is 570 g/mol. The topological polar surface area (TPSA) is 88.7 Å². The van der Waals surface area contributed by atoms with E-state index in [1.54, 1.807) is 9.80 Å². The first-order valence-corrected chi connectivity index (χ1v) is 13.9. The van der Waals surface area contributed by atoms with Gasteiger partial charge in [-0.1, -0.05) is 66.2 Å². The summed E-state index contributed by atoms with van der Waals surface area (Å²) in [6, 6.07) is 25.7. The molecule has 9 heteroatoms. The van der Waals surface area contributed by atoms with Gasteiger partial charge in [0.25, 0.3) is 11.6 Å². The van der Waals surface area contributed by atoms with Crippen LogP contribution in [0.1, 0.15) is 45.6 Å². The number of carbonyl (C=O) groups is 2. The van der Waals surface area contributed by atoms with E-state index in [-0.39, 0.29) is 34.8 Å². The van der Waals surface area contributed by atoms with Gasteiger partial charge in [-0.05, 0) is 54.7 Å². The van der Waals surface area contributed by atoms with Gasteiger partial charge in [0, 0.05) is 43.2 Å². The van der Waals surface area contributed by atoms with Crippen molar-refractivity contribution in [3.8, 4) is 0 Å². The molecule has 41 heavy (non-hydrogen) atoms. The first-order chi connectivity index (χ1) is 19.8. The molecule has 0 saturated heterocycles. The molecule has 4 aromatic rings. The van der Waals surface area contributed by atoms with Gasteiger partial charge < -0.3 is 14.4 Å². The van der Waals surface area contributed by atoms with Crippen molar-refractivity contribution in [2.24, 2.45) is 0 Å². The van der Waals surface area contributed by atoms with E-state index in [2.05, 4.69) is 23.6 Å². The molecule has 3 aromatic carbocycles. The van der Waals surface area contributed by atoms with Gasteiger partial charge >= 0.3 is 0 Å². The third-order valence-electron chi connectivity index (χ3n) is 7.40. The van der Waals surface area contributed by atoms with Gasteiger partial charge in [-0.3, -0.25) is 19.7 Å². The summed E-state index contributed by atoms with van der Waals surface area (Å²) in [6.45, 7) is 3.43. The number of benzene rings is 3. The van der Waals surface area contributed by atoms with Crippen LogP contribution in [-0.2, 0) is 24.4 Å². The number of nitro groups is 1. The maximum atomic E-state index is 13.9. The first-order valence-electron chi connectivity index (χ1n) is 13.6. The number of nitro benzene ring substituents is 1. The Balaban J connectivity index is 1.38. The van der Waals surface area contributed by atoms with Gasteiger partial charge in [-0.25, -0.2) is 0 Å². The Labute approximate surface area is 243 Å². The Morgan fingerprint density at radius 1 is 0.976 bits per heavy atom. The minimum Gasteiger partial charge on any atom is -0.345 e. The van der Waals surface area contributed by atoms with Crippen molar-refractivity contribution in [1.82, 2.24) is 14.4 Å². The molecule has 0 unspecified atom stereocenters. The zero-order chi connectivity index (χ0) is 28.9. The molecular formula is C32H31ClN4O4. The SMILES string of the molecule is Cc1ccccc1Cn1cccc1CN(Cc1ccccc1)C(=O)CN(C(=O)c1ccc([N+](=O)[O-])cc1Cl)C1CC1. The van der Waals surface area contributed by atoms with Crippen molar-refractivity contribution in [1.29, 1.82) is 0 Å². The number of aryl methyl sites for hydroxylation is 1. The molecule has 2 amide bonds. The minimum atomic E-state index is -0.557. The van der Waals surface area contributed by atoms with Crippen LogP contribution in [0.5, 0.6) is 0 Å². The molecule has 0 N–H and O–H groups in total. The molecule has 1 aliphatic carbocycles. The van der Waals surface area contributed by atoms with Gasteiger partial charge in [0.05, 0.1) is 22.1 Å². The van der Waals surface area contributed by atoms with E-state index in [0.717, 1.165) is 24.1 Å². The van der Waals surface area contributed by atoms with Crippen molar-refractivity contribution in [3.63, 3.8) is 0 Å². The number of carbonyl (C=O) groups excluding carboxylic acids is 2. The fourth-order valence-corrected chi connectivity index (χ4v) is 5.15. The van der Waals surface area contributed by atoms with Crippen LogP contribution in [0, 0.1) is 17.0 Å². The second-order valence-corrected chi connectivity index (χ2v) is 10.8. The first kappa shape index (κ1) is 28.1. The number of halogens is 1. The van der Waals surface area contributed by atoms with Crippen LogP contribution in [0.3, 0.4) is 0 Å². The molecule has 210 valence electrons. The van der Waals surface area contributed by atoms with Crippen molar-refractivity contribution >= 4 is 29.1 Å². The lowest BCUT2D eigenvalue weighted by Gasteiger charge is -2.28. The highest BCUT2D eigenvalue weighted by Gasteiger charge is 2.36.